The number of esters is 1. The van der Waals surface area contributed by atoms with Crippen LogP contribution in [0.15, 0.2) is 97.1 Å². The van der Waals surface area contributed by atoms with Crippen molar-refractivity contribution in [2.75, 3.05) is 13.2 Å². The van der Waals surface area contributed by atoms with Crippen LogP contribution in [0.5, 0.6) is 0 Å². The molecule has 6 rings (SSSR count). The van der Waals surface area contributed by atoms with Crippen molar-refractivity contribution in [2.45, 2.75) is 57.1 Å². The average molecular weight is 648 g/mol. The summed E-state index contributed by atoms with van der Waals surface area (Å²) < 4.78 is 16.8. The van der Waals surface area contributed by atoms with Gasteiger partial charge in [-0.1, -0.05) is 97.1 Å². The van der Waals surface area contributed by atoms with E-state index in [1.807, 2.05) is 97.1 Å². The zero-order valence-electron chi connectivity index (χ0n) is 27.1. The molecular formula is C39H37NO8. The third-order valence-electron chi connectivity index (χ3n) is 8.70. The van der Waals surface area contributed by atoms with E-state index >= 15 is 0 Å². The van der Waals surface area contributed by atoms with Crippen LogP contribution in [-0.2, 0) is 23.8 Å². The van der Waals surface area contributed by atoms with Crippen LogP contribution in [-0.4, -0.2) is 59.0 Å². The number of carbonyl (C=O) groups excluding carboxylic acids is 3. The molecule has 1 atom stereocenters. The Bertz CT molecular complexity index is 1670. The summed E-state index contributed by atoms with van der Waals surface area (Å²) in [5.74, 6) is -2.79. The standard InChI is InChI=1S/C39H37NO8/c1-39(2,3)48-35(41)21-20-34(36(42)43)40(37(44)46-22-32-28-16-8-4-12-24(28)25-13-5-9-17-29(25)32)38(45)47-23-33-30-18-10-6-14-26(30)27-15-7-11-19-31(27)33/h4-19,32-34H,20-23H2,1-3H3,(H,42,43)/t34-/m0/s1. The lowest BCUT2D eigenvalue weighted by Gasteiger charge is -2.27. The summed E-state index contributed by atoms with van der Waals surface area (Å²) in [6.45, 7) is 4.80. The van der Waals surface area contributed by atoms with Crippen LogP contribution in [0, 0.1) is 0 Å². The van der Waals surface area contributed by atoms with E-state index in [9.17, 15) is 24.3 Å². The second-order valence-electron chi connectivity index (χ2n) is 13.0. The fourth-order valence-electron chi connectivity index (χ4n) is 6.67. The molecule has 0 unspecified atom stereocenters. The van der Waals surface area contributed by atoms with Gasteiger partial charge in [-0.2, -0.15) is 4.90 Å². The third kappa shape index (κ3) is 6.53. The lowest BCUT2D eigenvalue weighted by atomic mass is 9.98. The highest BCUT2D eigenvalue weighted by molar-refractivity contribution is 5.94. The lowest BCUT2D eigenvalue weighted by Crippen LogP contribution is -2.50. The van der Waals surface area contributed by atoms with Gasteiger partial charge in [0, 0.05) is 18.3 Å². The van der Waals surface area contributed by atoms with Crippen molar-refractivity contribution in [3.63, 3.8) is 0 Å². The van der Waals surface area contributed by atoms with Crippen molar-refractivity contribution in [2.24, 2.45) is 0 Å². The first-order chi connectivity index (χ1) is 23.0. The van der Waals surface area contributed by atoms with Gasteiger partial charge in [0.25, 0.3) is 0 Å². The molecule has 0 radical (unpaired) electrons. The van der Waals surface area contributed by atoms with Gasteiger partial charge in [0.05, 0.1) is 0 Å². The summed E-state index contributed by atoms with van der Waals surface area (Å²) in [5.41, 5.74) is 7.10. The molecule has 0 fully saturated rings. The van der Waals surface area contributed by atoms with Crippen LogP contribution in [0.25, 0.3) is 22.3 Å². The van der Waals surface area contributed by atoms with Gasteiger partial charge >= 0.3 is 24.1 Å². The molecule has 0 heterocycles. The van der Waals surface area contributed by atoms with Gasteiger partial charge < -0.3 is 19.3 Å². The van der Waals surface area contributed by atoms with Crippen LogP contribution >= 0.6 is 0 Å². The molecule has 4 aromatic carbocycles. The minimum absolute atomic E-state index is 0.140. The molecule has 2 aliphatic rings. The molecule has 1 N–H and O–H groups in total. The monoisotopic (exact) mass is 647 g/mol. The van der Waals surface area contributed by atoms with Crippen LogP contribution < -0.4 is 0 Å². The van der Waals surface area contributed by atoms with Crippen molar-refractivity contribution >= 4 is 24.1 Å². The number of benzene rings is 4. The number of carbonyl (C=O) groups is 4. The Morgan fingerprint density at radius 1 is 0.646 bits per heavy atom. The summed E-state index contributed by atoms with van der Waals surface area (Å²) in [5, 5.41) is 10.3. The second-order valence-corrected chi connectivity index (χ2v) is 13.0. The van der Waals surface area contributed by atoms with E-state index in [1.165, 1.54) is 0 Å². The number of imide groups is 1. The van der Waals surface area contributed by atoms with Gasteiger partial charge in [0.1, 0.15) is 24.9 Å². The van der Waals surface area contributed by atoms with E-state index in [4.69, 9.17) is 14.2 Å². The highest BCUT2D eigenvalue weighted by atomic mass is 16.6. The third-order valence-corrected chi connectivity index (χ3v) is 8.70. The maximum Gasteiger partial charge on any atom is 0.420 e. The molecule has 2 amide bonds. The zero-order chi connectivity index (χ0) is 34.0. The summed E-state index contributed by atoms with van der Waals surface area (Å²) in [6, 6.07) is 29.4. The number of rotatable bonds is 9. The summed E-state index contributed by atoms with van der Waals surface area (Å²) >= 11 is 0. The topological polar surface area (TPSA) is 119 Å². The molecule has 246 valence electrons. The minimum atomic E-state index is -1.75. The Morgan fingerprint density at radius 2 is 1.00 bits per heavy atom. The number of fused-ring (bicyclic) bond motifs is 6. The quantitative estimate of drug-likeness (QED) is 0.145. The molecule has 9 nitrogen and oxygen atoms in total. The van der Waals surface area contributed by atoms with E-state index in [-0.39, 0.29) is 31.5 Å². The molecule has 0 spiro atoms. The number of amides is 2. The van der Waals surface area contributed by atoms with Crippen molar-refractivity contribution < 1.29 is 38.5 Å². The van der Waals surface area contributed by atoms with E-state index in [1.54, 1.807) is 20.8 Å². The van der Waals surface area contributed by atoms with E-state index in [0.29, 0.717) is 4.90 Å². The Labute approximate surface area is 279 Å². The average Bonchev–Trinajstić information content (AvgIpc) is 3.56. The summed E-state index contributed by atoms with van der Waals surface area (Å²) in [7, 11) is 0. The first kappa shape index (κ1) is 32.5. The van der Waals surface area contributed by atoms with E-state index in [0.717, 1.165) is 44.5 Å². The van der Waals surface area contributed by atoms with Gasteiger partial charge in [-0.3, -0.25) is 4.79 Å². The van der Waals surface area contributed by atoms with Gasteiger partial charge in [-0.15, -0.1) is 0 Å². The minimum Gasteiger partial charge on any atom is -0.480 e. The zero-order valence-corrected chi connectivity index (χ0v) is 27.1. The SMILES string of the molecule is CC(C)(C)OC(=O)CC[C@@H](C(=O)O)N(C(=O)OCC1c2ccccc2-c2ccccc21)C(=O)OCC1c2ccccc2-c2ccccc21. The molecule has 0 saturated carbocycles. The fraction of sp³-hybridized carbons (Fsp3) is 0.282. The second kappa shape index (κ2) is 13.4. The largest absolute Gasteiger partial charge is 0.480 e. The highest BCUT2D eigenvalue weighted by Gasteiger charge is 2.40. The number of ether oxygens (including phenoxy) is 3. The number of aliphatic carboxylic acids is 1. The number of hydrogen-bond acceptors (Lipinski definition) is 7. The number of nitrogens with zero attached hydrogens (tertiary/aromatic N) is 1. The Morgan fingerprint density at radius 3 is 1.33 bits per heavy atom. The lowest BCUT2D eigenvalue weighted by molar-refractivity contribution is -0.155. The molecule has 0 aliphatic heterocycles. The molecule has 0 aromatic heterocycles. The van der Waals surface area contributed by atoms with Crippen molar-refractivity contribution in [1.29, 1.82) is 0 Å². The predicted molar refractivity (Wildman–Crippen MR) is 178 cm³/mol. The number of hydrogen-bond donors (Lipinski definition) is 1. The van der Waals surface area contributed by atoms with E-state index < -0.39 is 42.2 Å². The van der Waals surface area contributed by atoms with Crippen molar-refractivity contribution in [3.05, 3.63) is 119 Å². The number of carboxylic acid groups (broad SMARTS) is 1. The van der Waals surface area contributed by atoms with Crippen molar-refractivity contribution in [3.8, 4) is 22.3 Å². The van der Waals surface area contributed by atoms with E-state index in [2.05, 4.69) is 0 Å². The Kier molecular flexibility index (Phi) is 9.04. The smallest absolute Gasteiger partial charge is 0.420 e. The van der Waals surface area contributed by atoms with Gasteiger partial charge in [0.2, 0.25) is 0 Å². The molecule has 48 heavy (non-hydrogen) atoms. The summed E-state index contributed by atoms with van der Waals surface area (Å²) in [6.07, 6.45) is -3.09. The normalized spacial score (nSPS) is 13.8. The van der Waals surface area contributed by atoms with Gasteiger partial charge in [-0.05, 0) is 71.7 Å². The Balaban J connectivity index is 1.24. The molecule has 4 aromatic rings. The fourth-order valence-corrected chi connectivity index (χ4v) is 6.67. The maximum absolute atomic E-state index is 13.8. The van der Waals surface area contributed by atoms with Crippen LogP contribution in [0.2, 0.25) is 0 Å². The molecular weight excluding hydrogens is 610 g/mol. The Hall–Kier alpha value is -5.44. The van der Waals surface area contributed by atoms with Gasteiger partial charge in [0.15, 0.2) is 0 Å². The van der Waals surface area contributed by atoms with Gasteiger partial charge in [-0.25, -0.2) is 14.4 Å². The molecule has 0 bridgehead atoms. The first-order valence-electron chi connectivity index (χ1n) is 16.0. The highest BCUT2D eigenvalue weighted by Crippen LogP contribution is 2.46. The molecule has 2 aliphatic carbocycles. The molecule has 0 saturated heterocycles. The molecule has 9 heteroatoms. The van der Waals surface area contributed by atoms with Crippen LogP contribution in [0.1, 0.15) is 67.7 Å². The van der Waals surface area contributed by atoms with Crippen molar-refractivity contribution in [1.82, 2.24) is 4.90 Å². The predicted octanol–water partition coefficient (Wildman–Crippen LogP) is 7.76. The van der Waals surface area contributed by atoms with Crippen LogP contribution in [0.3, 0.4) is 0 Å². The summed E-state index contributed by atoms with van der Waals surface area (Å²) in [4.78, 5) is 53.2. The first-order valence-corrected chi connectivity index (χ1v) is 16.0. The van der Waals surface area contributed by atoms with Crippen LogP contribution in [0.4, 0.5) is 9.59 Å². The number of carboxylic acids is 1. The maximum atomic E-state index is 13.8.